The minimum Gasteiger partial charge on any atom is -0.444 e. The molecule has 0 rings (SSSR count). The van der Waals surface area contributed by atoms with Crippen molar-refractivity contribution in [3.63, 3.8) is 0 Å². The van der Waals surface area contributed by atoms with Crippen molar-refractivity contribution in [2.24, 2.45) is 4.99 Å². The van der Waals surface area contributed by atoms with E-state index in [1.54, 1.807) is 7.11 Å². The van der Waals surface area contributed by atoms with E-state index in [9.17, 15) is 4.79 Å². The van der Waals surface area contributed by atoms with Crippen molar-refractivity contribution in [1.82, 2.24) is 16.0 Å². The Labute approximate surface area is 164 Å². The van der Waals surface area contributed by atoms with Crippen molar-refractivity contribution < 1.29 is 19.0 Å². The standard InChI is InChI=1S/C19H40N4O4/c1-8-19(9-2,23-17(24)27-18(4,5)6)15-22-16(20-10-3)21-11-12-26-14-13-25-7/h8-15H2,1-7H3,(H,23,24)(H2,20,21,22). The van der Waals surface area contributed by atoms with Crippen LogP contribution in [0.15, 0.2) is 4.99 Å². The van der Waals surface area contributed by atoms with E-state index in [0.717, 1.165) is 19.4 Å². The van der Waals surface area contributed by atoms with Gasteiger partial charge in [0, 0.05) is 20.2 Å². The second-order valence-corrected chi connectivity index (χ2v) is 7.34. The second kappa shape index (κ2) is 13.6. The summed E-state index contributed by atoms with van der Waals surface area (Å²) >= 11 is 0. The van der Waals surface area contributed by atoms with Gasteiger partial charge in [-0.15, -0.1) is 0 Å². The summed E-state index contributed by atoms with van der Waals surface area (Å²) < 4.78 is 15.8. The molecule has 0 aliphatic carbocycles. The number of guanidine groups is 1. The summed E-state index contributed by atoms with van der Waals surface area (Å²) in [4.78, 5) is 16.9. The summed E-state index contributed by atoms with van der Waals surface area (Å²) in [5.41, 5.74) is -0.973. The predicted molar refractivity (Wildman–Crippen MR) is 109 cm³/mol. The Morgan fingerprint density at radius 1 is 1.00 bits per heavy atom. The van der Waals surface area contributed by atoms with Crippen LogP contribution in [0.1, 0.15) is 54.4 Å². The molecular formula is C19H40N4O4. The number of nitrogens with one attached hydrogen (secondary N) is 3. The topological polar surface area (TPSA) is 93.2 Å². The number of ether oxygens (including phenoxy) is 3. The van der Waals surface area contributed by atoms with Gasteiger partial charge in [0.2, 0.25) is 0 Å². The molecule has 0 spiro atoms. The third-order valence-corrected chi connectivity index (χ3v) is 3.97. The molecule has 0 saturated heterocycles. The molecular weight excluding hydrogens is 348 g/mol. The second-order valence-electron chi connectivity index (χ2n) is 7.34. The van der Waals surface area contributed by atoms with E-state index in [2.05, 4.69) is 20.9 Å². The summed E-state index contributed by atoms with van der Waals surface area (Å²) in [6.07, 6.45) is 1.10. The molecule has 0 aliphatic heterocycles. The van der Waals surface area contributed by atoms with Crippen molar-refractivity contribution in [3.05, 3.63) is 0 Å². The maximum absolute atomic E-state index is 12.2. The minimum atomic E-state index is -0.528. The fourth-order valence-corrected chi connectivity index (χ4v) is 2.27. The molecule has 0 atom stereocenters. The number of alkyl carbamates (subject to hydrolysis) is 1. The van der Waals surface area contributed by atoms with E-state index in [0.29, 0.717) is 38.9 Å². The van der Waals surface area contributed by atoms with Gasteiger partial charge in [0.1, 0.15) is 5.60 Å². The highest BCUT2D eigenvalue weighted by atomic mass is 16.6. The zero-order chi connectivity index (χ0) is 20.8. The number of amides is 1. The van der Waals surface area contributed by atoms with E-state index in [4.69, 9.17) is 14.2 Å². The van der Waals surface area contributed by atoms with Gasteiger partial charge in [-0.25, -0.2) is 4.79 Å². The van der Waals surface area contributed by atoms with Gasteiger partial charge in [-0.3, -0.25) is 4.99 Å². The number of hydrogen-bond donors (Lipinski definition) is 3. The molecule has 0 aromatic heterocycles. The molecule has 1 amide bonds. The molecule has 0 aliphatic rings. The Kier molecular flexibility index (Phi) is 12.8. The maximum Gasteiger partial charge on any atom is 0.408 e. The molecule has 0 heterocycles. The van der Waals surface area contributed by atoms with Crippen molar-refractivity contribution >= 4 is 12.1 Å². The van der Waals surface area contributed by atoms with Gasteiger partial charge < -0.3 is 30.2 Å². The average molecular weight is 389 g/mol. The Hall–Kier alpha value is -1.54. The van der Waals surface area contributed by atoms with Gasteiger partial charge in [0.05, 0.1) is 31.9 Å². The SMILES string of the molecule is CCNC(=NCC(CC)(CC)NC(=O)OC(C)(C)C)NCCOCCOC. The summed E-state index contributed by atoms with van der Waals surface area (Å²) in [5, 5.41) is 9.46. The van der Waals surface area contributed by atoms with Crippen LogP contribution in [-0.2, 0) is 14.2 Å². The van der Waals surface area contributed by atoms with Gasteiger partial charge >= 0.3 is 6.09 Å². The number of carbonyl (C=O) groups is 1. The number of carbonyl (C=O) groups excluding carboxylic acids is 1. The molecule has 0 aromatic rings. The zero-order valence-corrected chi connectivity index (χ0v) is 18.2. The highest BCUT2D eigenvalue weighted by Gasteiger charge is 2.30. The first kappa shape index (κ1) is 25.5. The highest BCUT2D eigenvalue weighted by Crippen LogP contribution is 2.17. The van der Waals surface area contributed by atoms with E-state index >= 15 is 0 Å². The molecule has 3 N–H and O–H groups in total. The van der Waals surface area contributed by atoms with E-state index in [-0.39, 0.29) is 0 Å². The monoisotopic (exact) mass is 388 g/mol. The predicted octanol–water partition coefficient (Wildman–Crippen LogP) is 2.29. The van der Waals surface area contributed by atoms with Gasteiger partial charge in [-0.1, -0.05) is 13.8 Å². The first-order valence-corrected chi connectivity index (χ1v) is 9.82. The van der Waals surface area contributed by atoms with Crippen LogP contribution in [0, 0.1) is 0 Å². The van der Waals surface area contributed by atoms with Crippen LogP contribution in [0.2, 0.25) is 0 Å². The summed E-state index contributed by atoms with van der Waals surface area (Å²) in [7, 11) is 1.65. The summed E-state index contributed by atoms with van der Waals surface area (Å²) in [5.74, 6) is 0.699. The Morgan fingerprint density at radius 3 is 2.19 bits per heavy atom. The van der Waals surface area contributed by atoms with Crippen LogP contribution < -0.4 is 16.0 Å². The van der Waals surface area contributed by atoms with E-state index in [1.807, 2.05) is 41.5 Å². The molecule has 0 saturated carbocycles. The molecule has 27 heavy (non-hydrogen) atoms. The Morgan fingerprint density at radius 2 is 1.67 bits per heavy atom. The van der Waals surface area contributed by atoms with Crippen LogP contribution in [0.4, 0.5) is 4.79 Å². The zero-order valence-electron chi connectivity index (χ0n) is 18.2. The molecule has 0 fully saturated rings. The van der Waals surface area contributed by atoms with Crippen molar-refractivity contribution in [1.29, 1.82) is 0 Å². The fourth-order valence-electron chi connectivity index (χ4n) is 2.27. The largest absolute Gasteiger partial charge is 0.444 e. The first-order valence-electron chi connectivity index (χ1n) is 9.82. The maximum atomic E-state index is 12.2. The average Bonchev–Trinajstić information content (AvgIpc) is 2.59. The van der Waals surface area contributed by atoms with Crippen LogP contribution in [0.3, 0.4) is 0 Å². The quantitative estimate of drug-likeness (QED) is 0.270. The normalized spacial score (nSPS) is 12.6. The molecule has 0 bridgehead atoms. The molecule has 8 nitrogen and oxygen atoms in total. The van der Waals surface area contributed by atoms with Gasteiger partial charge in [0.15, 0.2) is 5.96 Å². The number of hydrogen-bond acceptors (Lipinski definition) is 5. The van der Waals surface area contributed by atoms with Crippen LogP contribution >= 0.6 is 0 Å². The van der Waals surface area contributed by atoms with Crippen molar-refractivity contribution in [2.75, 3.05) is 46.6 Å². The lowest BCUT2D eigenvalue weighted by Gasteiger charge is -2.32. The van der Waals surface area contributed by atoms with Crippen LogP contribution in [0.25, 0.3) is 0 Å². The van der Waals surface area contributed by atoms with Gasteiger partial charge in [-0.05, 0) is 40.5 Å². The smallest absolute Gasteiger partial charge is 0.408 e. The van der Waals surface area contributed by atoms with E-state index in [1.165, 1.54) is 0 Å². The van der Waals surface area contributed by atoms with Crippen LogP contribution in [-0.4, -0.2) is 69.8 Å². The molecule has 0 radical (unpaired) electrons. The lowest BCUT2D eigenvalue weighted by Crippen LogP contribution is -2.52. The molecule has 0 unspecified atom stereocenters. The van der Waals surface area contributed by atoms with Crippen molar-refractivity contribution in [3.8, 4) is 0 Å². The molecule has 160 valence electrons. The summed E-state index contributed by atoms with van der Waals surface area (Å²) in [6, 6.07) is 0. The lowest BCUT2D eigenvalue weighted by molar-refractivity contribution is 0.0452. The number of methoxy groups -OCH3 is 1. The molecule has 8 heteroatoms. The van der Waals surface area contributed by atoms with Crippen molar-refractivity contribution in [2.45, 2.75) is 65.5 Å². The van der Waals surface area contributed by atoms with Gasteiger partial charge in [-0.2, -0.15) is 0 Å². The fraction of sp³-hybridized carbons (Fsp3) is 0.895. The summed E-state index contributed by atoms with van der Waals surface area (Å²) in [6.45, 7) is 15.2. The number of nitrogens with zero attached hydrogens (tertiary/aromatic N) is 1. The highest BCUT2D eigenvalue weighted by molar-refractivity contribution is 5.79. The van der Waals surface area contributed by atoms with Gasteiger partial charge in [0.25, 0.3) is 0 Å². The Balaban J connectivity index is 4.76. The van der Waals surface area contributed by atoms with E-state index < -0.39 is 17.2 Å². The molecule has 0 aromatic carbocycles. The first-order chi connectivity index (χ1) is 12.7. The van der Waals surface area contributed by atoms with Crippen LogP contribution in [0.5, 0.6) is 0 Å². The third kappa shape index (κ3) is 12.5. The minimum absolute atomic E-state index is 0.411. The third-order valence-electron chi connectivity index (χ3n) is 3.97. The lowest BCUT2D eigenvalue weighted by atomic mass is 9.93. The number of rotatable bonds is 12. The Bertz CT molecular complexity index is 432. The number of aliphatic imine (C=N–C) groups is 1.